The van der Waals surface area contributed by atoms with E-state index in [0.29, 0.717) is 0 Å². The molecule has 7 heavy (non-hydrogen) atoms. The summed E-state index contributed by atoms with van der Waals surface area (Å²) in [4.78, 5) is 29.3. The van der Waals surface area contributed by atoms with Gasteiger partial charge in [-0.15, -0.1) is 0 Å². The van der Waals surface area contributed by atoms with E-state index in [4.69, 9.17) is 19.2 Å². The Morgan fingerprint density at radius 2 is 1.00 bits per heavy atom. The first-order valence-corrected chi connectivity index (χ1v) is 2.68. The Hall–Kier alpha value is 1.68. The molecule has 0 bridgehead atoms. The van der Waals surface area contributed by atoms with Crippen LogP contribution in [0.3, 0.4) is 0 Å². The second-order valence-electron chi connectivity index (χ2n) is 0.600. The largest absolute Gasteiger partial charge is 1.00 e. The van der Waals surface area contributed by atoms with Crippen molar-refractivity contribution in [3.8, 4) is 0 Å². The van der Waals surface area contributed by atoms with Crippen LogP contribution >= 0.6 is 0 Å². The van der Waals surface area contributed by atoms with Crippen LogP contribution in [-0.4, -0.2) is 28.2 Å². The quantitative estimate of drug-likeness (QED) is 0.284. The summed E-state index contributed by atoms with van der Waals surface area (Å²) in [5.74, 6) is 0. The van der Waals surface area contributed by atoms with Crippen molar-refractivity contribution in [3.05, 3.63) is 0 Å². The molecule has 4 N–H and O–H groups in total. The van der Waals surface area contributed by atoms with Crippen LogP contribution in [0.1, 0.15) is 1.43 Å². The molecule has 0 unspecified atom stereocenters. The van der Waals surface area contributed by atoms with E-state index in [0.717, 1.165) is 0 Å². The fourth-order valence-corrected chi connectivity index (χ4v) is 0. The van der Waals surface area contributed by atoms with Crippen molar-refractivity contribution in [2.75, 3.05) is 0 Å². The van der Waals surface area contributed by atoms with Gasteiger partial charge in [0.1, 0.15) is 0 Å². The van der Waals surface area contributed by atoms with Gasteiger partial charge in [0, 0.05) is 19.5 Å². The van der Waals surface area contributed by atoms with Gasteiger partial charge in [-0.05, 0) is 0 Å². The van der Waals surface area contributed by atoms with E-state index in [-0.39, 0.29) is 50.5 Å². The first kappa shape index (κ1) is 15.9. The summed E-state index contributed by atoms with van der Waals surface area (Å²) >= 11 is 0. The van der Waals surface area contributed by atoms with Gasteiger partial charge in [0.15, 0.2) is 0 Å². The molecule has 0 fully saturated rings. The molecule has 0 aromatic heterocycles. The monoisotopic (exact) mass is 184 g/mol. The van der Waals surface area contributed by atoms with E-state index in [1.165, 1.54) is 0 Å². The fraction of sp³-hybridized carbons (Fsp3) is 0. The van der Waals surface area contributed by atoms with Crippen molar-refractivity contribution in [2.24, 2.45) is 0 Å². The molecule has 36 valence electrons. The van der Waals surface area contributed by atoms with Crippen molar-refractivity contribution < 1.29 is 69.6 Å². The summed E-state index contributed by atoms with van der Waals surface area (Å²) in [6.07, 6.45) is 0. The van der Waals surface area contributed by atoms with Crippen LogP contribution in [0.15, 0.2) is 0 Å². The van der Waals surface area contributed by atoms with E-state index in [1.54, 1.807) is 0 Å². The number of rotatable bonds is 0. The summed E-state index contributed by atoms with van der Waals surface area (Å²) in [5.41, 5.74) is 0. The van der Waals surface area contributed by atoms with E-state index >= 15 is 0 Å². The first-order chi connectivity index (χ1) is 2.00. The van der Waals surface area contributed by atoms with Crippen LogP contribution in [0.25, 0.3) is 0 Å². The summed E-state index contributed by atoms with van der Waals surface area (Å²) in [6.45, 7) is 0. The predicted octanol–water partition coefficient (Wildman–Crippen LogP) is -5.49. The summed E-state index contributed by atoms with van der Waals surface area (Å²) in [5, 5.41) is 0. The van der Waals surface area contributed by atoms with Gasteiger partial charge in [-0.25, -0.2) is 0 Å². The molecule has 0 heterocycles. The maximum absolute atomic E-state index is 7.33. The molecule has 0 amide bonds. The molecule has 0 saturated heterocycles. The summed E-state index contributed by atoms with van der Waals surface area (Å²) in [6, 6.07) is 0. The van der Waals surface area contributed by atoms with Gasteiger partial charge in [-0.3, -0.25) is 0 Å². The Morgan fingerprint density at radius 1 is 1.00 bits per heavy atom. The third-order valence-corrected chi connectivity index (χ3v) is 0. The summed E-state index contributed by atoms with van der Waals surface area (Å²) in [7, 11) is -4.61. The normalized spacial score (nSPS) is 8.57. The maximum atomic E-state index is 7.33. The topological polar surface area (TPSA) is 80.9 Å². The van der Waals surface area contributed by atoms with Crippen LogP contribution in [0, 0.1) is 0 Å². The van der Waals surface area contributed by atoms with Crippen molar-refractivity contribution in [1.82, 2.24) is 0 Å². The summed E-state index contributed by atoms with van der Waals surface area (Å²) < 4.78 is 0. The van der Waals surface area contributed by atoms with E-state index in [2.05, 4.69) is 0 Å². The minimum atomic E-state index is -4.61. The Kier molecular flexibility index (Phi) is 13.2. The van der Waals surface area contributed by atoms with Crippen molar-refractivity contribution in [3.63, 3.8) is 0 Å². The second kappa shape index (κ2) is 5.81. The molecule has 0 aromatic carbocycles. The smallest absolute Gasteiger partial charge is 1.00 e. The first-order valence-electron chi connectivity index (χ1n) is 0.894. The van der Waals surface area contributed by atoms with Gasteiger partial charge in [0.05, 0.1) is 0 Å². The SMILES string of the molecule is O[Si](O)(O)O.[H-].[Na+].[Zn]. The minimum Gasteiger partial charge on any atom is -1.00 e. The average Bonchev–Trinajstić information content (AvgIpc) is 0.722. The van der Waals surface area contributed by atoms with Crippen LogP contribution in [0.2, 0.25) is 0 Å². The van der Waals surface area contributed by atoms with Crippen LogP contribution < -0.4 is 29.6 Å². The molecule has 0 rings (SSSR count). The Bertz CT molecular complexity index is 31.5. The molecular weight excluding hydrogens is 180 g/mol. The molecule has 0 saturated carbocycles. The van der Waals surface area contributed by atoms with E-state index < -0.39 is 9.05 Å². The van der Waals surface area contributed by atoms with Crippen LogP contribution in [0.4, 0.5) is 0 Å². The van der Waals surface area contributed by atoms with Crippen molar-refractivity contribution >= 4 is 9.05 Å². The van der Waals surface area contributed by atoms with E-state index in [9.17, 15) is 0 Å². The van der Waals surface area contributed by atoms with Crippen molar-refractivity contribution in [2.45, 2.75) is 0 Å². The molecule has 0 radical (unpaired) electrons. The van der Waals surface area contributed by atoms with Gasteiger partial charge in [-0.1, -0.05) is 0 Å². The second-order valence-corrected chi connectivity index (χ2v) is 1.80. The van der Waals surface area contributed by atoms with Gasteiger partial charge in [0.2, 0.25) is 0 Å². The molecule has 0 aromatic rings. The van der Waals surface area contributed by atoms with Crippen molar-refractivity contribution in [1.29, 1.82) is 0 Å². The Morgan fingerprint density at radius 3 is 1.00 bits per heavy atom. The Balaban J connectivity index is -0.0000000267. The zero-order chi connectivity index (χ0) is 4.50. The molecule has 0 spiro atoms. The third kappa shape index (κ3) is 87.8. The van der Waals surface area contributed by atoms with Gasteiger partial charge in [-0.2, -0.15) is 0 Å². The molecule has 0 aliphatic rings. The molecule has 0 aliphatic heterocycles. The Labute approximate surface area is 78.2 Å². The molecule has 0 aliphatic carbocycles. The van der Waals surface area contributed by atoms with Crippen LogP contribution in [-0.2, 0) is 19.5 Å². The minimum absolute atomic E-state index is 0. The standard InChI is InChI=1S/Na.H4O4Si.Zn.H/c;1-5(2,3)4;;/h;1-4H;;/q+1;;;-1. The van der Waals surface area contributed by atoms with E-state index in [1.807, 2.05) is 0 Å². The van der Waals surface area contributed by atoms with Crippen LogP contribution in [0.5, 0.6) is 0 Å². The fourth-order valence-electron chi connectivity index (χ4n) is 0. The molecule has 0 atom stereocenters. The van der Waals surface area contributed by atoms with Gasteiger partial charge >= 0.3 is 38.6 Å². The molecular formula is H5NaO4SiZn. The zero-order valence-electron chi connectivity index (χ0n) is 5.00. The van der Waals surface area contributed by atoms with Gasteiger partial charge < -0.3 is 20.6 Å². The molecule has 7 heteroatoms. The number of hydrogen-bond acceptors (Lipinski definition) is 4. The predicted molar refractivity (Wildman–Crippen MR) is 15.7 cm³/mol. The zero-order valence-corrected chi connectivity index (χ0v) is 9.96. The maximum Gasteiger partial charge on any atom is 1.00 e. The number of hydrogen-bond donors (Lipinski definition) is 4. The third-order valence-electron chi connectivity index (χ3n) is 0. The van der Waals surface area contributed by atoms with Gasteiger partial charge in [0.25, 0.3) is 0 Å². The average molecular weight is 186 g/mol. The molecule has 4 nitrogen and oxygen atoms in total.